The summed E-state index contributed by atoms with van der Waals surface area (Å²) < 4.78 is 16.8. The van der Waals surface area contributed by atoms with Gasteiger partial charge in [-0.15, -0.1) is 0 Å². The molecule has 20 heavy (non-hydrogen) atoms. The first-order valence-corrected chi connectivity index (χ1v) is 7.21. The van der Waals surface area contributed by atoms with Gasteiger partial charge in [-0.3, -0.25) is 4.79 Å². The molecule has 0 amide bonds. The normalized spacial score (nSPS) is 21.8. The summed E-state index contributed by atoms with van der Waals surface area (Å²) in [7, 11) is 3.08. The average Bonchev–Trinajstić information content (AvgIpc) is 2.95. The number of carbonyl (C=O) groups excluding carboxylic acids is 1. The molecule has 2 atom stereocenters. The van der Waals surface area contributed by atoms with E-state index in [1.54, 1.807) is 19.2 Å². The molecule has 1 fully saturated rings. The Morgan fingerprint density at radius 1 is 1.40 bits per heavy atom. The molecule has 0 aromatic heterocycles. The van der Waals surface area contributed by atoms with Crippen LogP contribution in [0.5, 0.6) is 11.5 Å². The van der Waals surface area contributed by atoms with Gasteiger partial charge in [0.2, 0.25) is 0 Å². The van der Waals surface area contributed by atoms with Crippen LogP contribution in [-0.2, 0) is 4.74 Å². The van der Waals surface area contributed by atoms with Crippen LogP contribution in [0.15, 0.2) is 16.6 Å². The number of ketones is 1. The summed E-state index contributed by atoms with van der Waals surface area (Å²) in [6.07, 6.45) is 1.02. The lowest BCUT2D eigenvalue weighted by Gasteiger charge is -2.16. The molecule has 1 heterocycles. The zero-order valence-electron chi connectivity index (χ0n) is 11.5. The second-order valence-corrected chi connectivity index (χ2v) is 5.38. The first-order valence-electron chi connectivity index (χ1n) is 6.42. The maximum absolute atomic E-state index is 12.5. The van der Waals surface area contributed by atoms with Gasteiger partial charge in [-0.2, -0.15) is 0 Å². The Balaban J connectivity index is 2.28. The van der Waals surface area contributed by atoms with Gasteiger partial charge in [-0.25, -0.2) is 0 Å². The van der Waals surface area contributed by atoms with E-state index in [9.17, 15) is 4.79 Å². The van der Waals surface area contributed by atoms with Crippen molar-refractivity contribution in [1.82, 2.24) is 0 Å². The van der Waals surface area contributed by atoms with Crippen molar-refractivity contribution in [3.05, 3.63) is 22.2 Å². The van der Waals surface area contributed by atoms with Crippen LogP contribution in [0.1, 0.15) is 23.2 Å². The Bertz CT molecular complexity index is 506. The number of methoxy groups -OCH3 is 2. The number of carbonyl (C=O) groups is 1. The van der Waals surface area contributed by atoms with Gasteiger partial charge in [0.25, 0.3) is 0 Å². The molecule has 0 radical (unpaired) electrons. The Hall–Kier alpha value is -1.11. The Morgan fingerprint density at radius 3 is 2.70 bits per heavy atom. The van der Waals surface area contributed by atoms with Crippen LogP contribution in [0.25, 0.3) is 0 Å². The molecule has 2 N–H and O–H groups in total. The van der Waals surface area contributed by atoms with Crippen LogP contribution >= 0.6 is 15.9 Å². The molecular formula is C14H18BrNO4. The molecule has 0 bridgehead atoms. The summed E-state index contributed by atoms with van der Waals surface area (Å²) >= 11 is 3.39. The number of halogens is 1. The minimum absolute atomic E-state index is 0.0309. The van der Waals surface area contributed by atoms with Crippen LogP contribution in [0.3, 0.4) is 0 Å². The second kappa shape index (κ2) is 6.56. The number of hydrogen-bond donors (Lipinski definition) is 1. The highest BCUT2D eigenvalue weighted by Crippen LogP contribution is 2.38. The second-order valence-electron chi connectivity index (χ2n) is 4.59. The fraction of sp³-hybridized carbons (Fsp3) is 0.500. The van der Waals surface area contributed by atoms with E-state index in [1.807, 2.05) is 0 Å². The van der Waals surface area contributed by atoms with Crippen LogP contribution in [0.2, 0.25) is 0 Å². The van der Waals surface area contributed by atoms with Crippen LogP contribution in [0.4, 0.5) is 0 Å². The monoisotopic (exact) mass is 343 g/mol. The molecule has 5 nitrogen and oxygen atoms in total. The molecule has 2 unspecified atom stereocenters. The maximum atomic E-state index is 12.5. The molecule has 2 rings (SSSR count). The topological polar surface area (TPSA) is 70.8 Å². The number of benzene rings is 1. The fourth-order valence-corrected chi connectivity index (χ4v) is 3.00. The molecule has 6 heteroatoms. The summed E-state index contributed by atoms with van der Waals surface area (Å²) in [5.74, 6) is 1.00. The summed E-state index contributed by atoms with van der Waals surface area (Å²) in [4.78, 5) is 12.5. The van der Waals surface area contributed by atoms with E-state index in [1.165, 1.54) is 7.11 Å². The molecule has 1 saturated heterocycles. The fourth-order valence-electron chi connectivity index (χ4n) is 2.33. The van der Waals surface area contributed by atoms with E-state index in [2.05, 4.69) is 15.9 Å². The molecule has 0 aliphatic carbocycles. The van der Waals surface area contributed by atoms with E-state index >= 15 is 0 Å². The molecule has 1 aliphatic heterocycles. The van der Waals surface area contributed by atoms with Crippen molar-refractivity contribution in [1.29, 1.82) is 0 Å². The van der Waals surface area contributed by atoms with Gasteiger partial charge in [0.05, 0.1) is 25.9 Å². The van der Waals surface area contributed by atoms with E-state index in [-0.39, 0.29) is 11.9 Å². The average molecular weight is 344 g/mol. The molecular weight excluding hydrogens is 326 g/mol. The van der Waals surface area contributed by atoms with Crippen molar-refractivity contribution >= 4 is 21.7 Å². The third-order valence-electron chi connectivity index (χ3n) is 3.41. The Kier molecular flexibility index (Phi) is 5.01. The van der Waals surface area contributed by atoms with Crippen molar-refractivity contribution in [3.63, 3.8) is 0 Å². The first kappa shape index (κ1) is 15.3. The van der Waals surface area contributed by atoms with Gasteiger partial charge in [0, 0.05) is 6.54 Å². The lowest BCUT2D eigenvalue weighted by Crippen LogP contribution is -2.25. The quantitative estimate of drug-likeness (QED) is 0.829. The van der Waals surface area contributed by atoms with E-state index < -0.39 is 6.10 Å². The van der Waals surface area contributed by atoms with Crippen molar-refractivity contribution in [2.75, 3.05) is 20.8 Å². The highest BCUT2D eigenvalue weighted by atomic mass is 79.9. The van der Waals surface area contributed by atoms with Crippen molar-refractivity contribution in [2.45, 2.75) is 25.0 Å². The van der Waals surface area contributed by atoms with Crippen LogP contribution in [-0.4, -0.2) is 38.8 Å². The number of rotatable bonds is 5. The smallest absolute Gasteiger partial charge is 0.195 e. The highest BCUT2D eigenvalue weighted by Gasteiger charge is 2.32. The van der Waals surface area contributed by atoms with Gasteiger partial charge in [0.1, 0.15) is 22.1 Å². The Morgan fingerprint density at radius 2 is 2.15 bits per heavy atom. The van der Waals surface area contributed by atoms with E-state index in [0.29, 0.717) is 34.5 Å². The van der Waals surface area contributed by atoms with Crippen molar-refractivity contribution in [3.8, 4) is 11.5 Å². The van der Waals surface area contributed by atoms with E-state index in [0.717, 1.165) is 6.42 Å². The number of ether oxygens (including phenoxy) is 3. The minimum Gasteiger partial charge on any atom is -0.495 e. The van der Waals surface area contributed by atoms with Crippen molar-refractivity contribution < 1.29 is 19.0 Å². The van der Waals surface area contributed by atoms with Gasteiger partial charge in [-0.05, 0) is 40.9 Å². The molecule has 0 spiro atoms. The lowest BCUT2D eigenvalue weighted by molar-refractivity contribution is 0.0402. The molecule has 1 aromatic carbocycles. The Labute approximate surface area is 126 Å². The van der Waals surface area contributed by atoms with Gasteiger partial charge in [0.15, 0.2) is 5.78 Å². The standard InChI is InChI=1S/C14H18BrNO4/c1-18-10-6-4-9(14(19-2)12(10)15)13(17)11-5-3-8(7-16)20-11/h4,6,8,11H,3,5,7,16H2,1-2H3. The summed E-state index contributed by atoms with van der Waals surface area (Å²) in [6, 6.07) is 3.43. The number of nitrogens with two attached hydrogens (primary N) is 1. The van der Waals surface area contributed by atoms with Crippen molar-refractivity contribution in [2.24, 2.45) is 5.73 Å². The number of Topliss-reactive ketones (excluding diaryl/α,β-unsaturated/α-hetero) is 1. The van der Waals surface area contributed by atoms with Crippen LogP contribution in [0, 0.1) is 0 Å². The zero-order chi connectivity index (χ0) is 14.7. The third kappa shape index (κ3) is 2.82. The first-order chi connectivity index (χ1) is 9.62. The largest absolute Gasteiger partial charge is 0.495 e. The third-order valence-corrected chi connectivity index (χ3v) is 4.16. The predicted molar refractivity (Wildman–Crippen MR) is 78.5 cm³/mol. The minimum atomic E-state index is -0.447. The van der Waals surface area contributed by atoms with Gasteiger partial charge < -0.3 is 19.9 Å². The van der Waals surface area contributed by atoms with Gasteiger partial charge in [-0.1, -0.05) is 0 Å². The highest BCUT2D eigenvalue weighted by molar-refractivity contribution is 9.10. The molecule has 110 valence electrons. The molecule has 1 aliphatic rings. The number of hydrogen-bond acceptors (Lipinski definition) is 5. The molecule has 1 aromatic rings. The molecule has 0 saturated carbocycles. The van der Waals surface area contributed by atoms with E-state index in [4.69, 9.17) is 19.9 Å². The zero-order valence-corrected chi connectivity index (χ0v) is 13.1. The lowest BCUT2D eigenvalue weighted by atomic mass is 10.0. The summed E-state index contributed by atoms with van der Waals surface area (Å²) in [5.41, 5.74) is 6.06. The SMILES string of the molecule is COc1ccc(C(=O)C2CCC(CN)O2)c(OC)c1Br. The maximum Gasteiger partial charge on any atom is 0.195 e. The predicted octanol–water partition coefficient (Wildman–Crippen LogP) is 2.16. The summed E-state index contributed by atoms with van der Waals surface area (Å²) in [6.45, 7) is 0.438. The van der Waals surface area contributed by atoms with Crippen LogP contribution < -0.4 is 15.2 Å². The van der Waals surface area contributed by atoms with Gasteiger partial charge >= 0.3 is 0 Å². The summed E-state index contributed by atoms with van der Waals surface area (Å²) in [5, 5.41) is 0.